The van der Waals surface area contributed by atoms with Crippen LogP contribution < -0.4 is 10.6 Å². The highest BCUT2D eigenvalue weighted by molar-refractivity contribution is 5.86. The molecule has 3 unspecified atom stereocenters. The van der Waals surface area contributed by atoms with E-state index in [2.05, 4.69) is 17.6 Å². The summed E-state index contributed by atoms with van der Waals surface area (Å²) in [6.07, 6.45) is 1.75. The topological polar surface area (TPSA) is 90.8 Å². The van der Waals surface area contributed by atoms with Gasteiger partial charge < -0.3 is 20.3 Å². The van der Waals surface area contributed by atoms with Gasteiger partial charge in [0, 0.05) is 12.1 Å². The molecule has 6 heteroatoms. The first-order valence-electron chi connectivity index (χ1n) is 7.72. The lowest BCUT2D eigenvalue weighted by Crippen LogP contribution is -2.44. The van der Waals surface area contributed by atoms with Gasteiger partial charge >= 0.3 is 6.09 Å². The number of benzene rings is 1. The molecule has 122 valence electrons. The molecule has 0 spiro atoms. The lowest BCUT2D eigenvalue weighted by molar-refractivity contribution is 0.104. The van der Waals surface area contributed by atoms with Crippen LogP contribution in [0.5, 0.6) is 5.75 Å². The number of carbonyl (C=O) groups is 1. The van der Waals surface area contributed by atoms with Gasteiger partial charge in [0.15, 0.2) is 0 Å². The second kappa shape index (κ2) is 7.47. The van der Waals surface area contributed by atoms with Gasteiger partial charge in [-0.15, -0.1) is 0 Å². The zero-order valence-corrected chi connectivity index (χ0v) is 13.0. The number of piperidine rings is 1. The van der Waals surface area contributed by atoms with Crippen LogP contribution in [0.3, 0.4) is 0 Å². The Hall–Kier alpha value is -1.79. The number of carbonyl (C=O) groups excluding carboxylic acids is 1. The lowest BCUT2D eigenvalue weighted by Gasteiger charge is -2.32. The molecule has 22 heavy (non-hydrogen) atoms. The SMILES string of the molecule is CCOC(=O)Nc1cc(C(O)C2CCCC(C)N2)ccc1O. The van der Waals surface area contributed by atoms with Gasteiger partial charge in [-0.1, -0.05) is 12.5 Å². The van der Waals surface area contributed by atoms with Gasteiger partial charge in [-0.25, -0.2) is 4.79 Å². The van der Waals surface area contributed by atoms with Crippen molar-refractivity contribution in [3.63, 3.8) is 0 Å². The molecular formula is C16H24N2O4. The Kier molecular flexibility index (Phi) is 5.63. The van der Waals surface area contributed by atoms with E-state index in [-0.39, 0.29) is 24.1 Å². The van der Waals surface area contributed by atoms with Crippen LogP contribution in [0.4, 0.5) is 10.5 Å². The molecule has 1 aliphatic heterocycles. The molecule has 1 heterocycles. The van der Waals surface area contributed by atoms with E-state index in [1.54, 1.807) is 19.1 Å². The number of hydrogen-bond acceptors (Lipinski definition) is 5. The number of rotatable bonds is 4. The number of phenols is 1. The average Bonchev–Trinajstić information content (AvgIpc) is 2.49. The van der Waals surface area contributed by atoms with Crippen LogP contribution >= 0.6 is 0 Å². The summed E-state index contributed by atoms with van der Waals surface area (Å²) in [5.41, 5.74) is 0.884. The van der Waals surface area contributed by atoms with E-state index in [9.17, 15) is 15.0 Å². The number of hydrogen-bond donors (Lipinski definition) is 4. The molecule has 6 nitrogen and oxygen atoms in total. The summed E-state index contributed by atoms with van der Waals surface area (Å²) < 4.78 is 4.80. The highest BCUT2D eigenvalue weighted by Gasteiger charge is 2.26. The number of aliphatic hydroxyl groups excluding tert-OH is 1. The molecule has 1 amide bonds. The minimum absolute atomic E-state index is 0.0243. The molecule has 0 saturated carbocycles. The highest BCUT2D eigenvalue weighted by atomic mass is 16.5. The maximum absolute atomic E-state index is 11.5. The number of aromatic hydroxyl groups is 1. The van der Waals surface area contributed by atoms with Crippen molar-refractivity contribution in [1.29, 1.82) is 0 Å². The summed E-state index contributed by atoms with van der Waals surface area (Å²) in [5, 5.41) is 26.2. The van der Waals surface area contributed by atoms with Gasteiger partial charge in [0.1, 0.15) is 5.75 Å². The molecule has 1 saturated heterocycles. The predicted molar refractivity (Wildman–Crippen MR) is 83.9 cm³/mol. The fraction of sp³-hybridized carbons (Fsp3) is 0.562. The molecule has 0 bridgehead atoms. The lowest BCUT2D eigenvalue weighted by atomic mass is 9.92. The first-order valence-corrected chi connectivity index (χ1v) is 7.72. The molecule has 0 aromatic heterocycles. The summed E-state index contributed by atoms with van der Waals surface area (Å²) in [6, 6.07) is 5.06. The number of ether oxygens (including phenoxy) is 1. The van der Waals surface area contributed by atoms with E-state index in [1.165, 1.54) is 6.07 Å². The van der Waals surface area contributed by atoms with Gasteiger partial charge in [0.25, 0.3) is 0 Å². The van der Waals surface area contributed by atoms with Crippen LogP contribution in [0, 0.1) is 0 Å². The zero-order valence-electron chi connectivity index (χ0n) is 13.0. The van der Waals surface area contributed by atoms with Crippen LogP contribution in [0.15, 0.2) is 18.2 Å². The van der Waals surface area contributed by atoms with Gasteiger partial charge in [0.05, 0.1) is 18.4 Å². The number of anilines is 1. The van der Waals surface area contributed by atoms with E-state index < -0.39 is 12.2 Å². The van der Waals surface area contributed by atoms with E-state index >= 15 is 0 Å². The van der Waals surface area contributed by atoms with Crippen LogP contribution in [0.2, 0.25) is 0 Å². The van der Waals surface area contributed by atoms with Crippen LogP contribution in [0.25, 0.3) is 0 Å². The number of nitrogens with one attached hydrogen (secondary N) is 2. The van der Waals surface area contributed by atoms with Crippen LogP contribution in [-0.2, 0) is 4.74 Å². The Labute approximate surface area is 130 Å². The zero-order chi connectivity index (χ0) is 16.1. The molecule has 0 aliphatic carbocycles. The monoisotopic (exact) mass is 308 g/mol. The predicted octanol–water partition coefficient (Wildman–Crippen LogP) is 2.52. The third-order valence-electron chi connectivity index (χ3n) is 3.91. The summed E-state index contributed by atoms with van der Waals surface area (Å²) in [7, 11) is 0. The van der Waals surface area contributed by atoms with Crippen molar-refractivity contribution in [2.75, 3.05) is 11.9 Å². The van der Waals surface area contributed by atoms with Gasteiger partial charge in [-0.05, 0) is 44.4 Å². The van der Waals surface area contributed by atoms with Crippen molar-refractivity contribution < 1.29 is 19.7 Å². The Bertz CT molecular complexity index is 521. The van der Waals surface area contributed by atoms with E-state index in [0.29, 0.717) is 11.6 Å². The number of phenolic OH excluding ortho intramolecular Hbond substituents is 1. The Morgan fingerprint density at radius 3 is 2.95 bits per heavy atom. The normalized spacial score (nSPS) is 22.9. The molecule has 1 aromatic rings. The van der Waals surface area contributed by atoms with Crippen molar-refractivity contribution in [1.82, 2.24) is 5.32 Å². The minimum Gasteiger partial charge on any atom is -0.506 e. The Morgan fingerprint density at radius 2 is 2.27 bits per heavy atom. The second-order valence-corrected chi connectivity index (χ2v) is 5.67. The van der Waals surface area contributed by atoms with Crippen molar-refractivity contribution in [2.45, 2.75) is 51.3 Å². The second-order valence-electron chi connectivity index (χ2n) is 5.67. The van der Waals surface area contributed by atoms with E-state index in [0.717, 1.165) is 19.3 Å². The Balaban J connectivity index is 2.12. The van der Waals surface area contributed by atoms with Gasteiger partial charge in [0.2, 0.25) is 0 Å². The molecule has 1 fully saturated rings. The van der Waals surface area contributed by atoms with Crippen LogP contribution in [-0.4, -0.2) is 35.0 Å². The maximum Gasteiger partial charge on any atom is 0.411 e. The smallest absolute Gasteiger partial charge is 0.411 e. The van der Waals surface area contributed by atoms with Crippen molar-refractivity contribution in [2.24, 2.45) is 0 Å². The molecule has 4 N–H and O–H groups in total. The molecule has 1 aromatic carbocycles. The number of aliphatic hydroxyl groups is 1. The largest absolute Gasteiger partial charge is 0.506 e. The van der Waals surface area contributed by atoms with Crippen LogP contribution in [0.1, 0.15) is 44.8 Å². The third-order valence-corrected chi connectivity index (χ3v) is 3.91. The fourth-order valence-electron chi connectivity index (χ4n) is 2.77. The molecule has 3 atom stereocenters. The van der Waals surface area contributed by atoms with Gasteiger partial charge in [-0.3, -0.25) is 5.32 Å². The summed E-state index contributed by atoms with van der Waals surface area (Å²) in [5.74, 6) is -0.0611. The van der Waals surface area contributed by atoms with Crippen molar-refractivity contribution in [3.05, 3.63) is 23.8 Å². The van der Waals surface area contributed by atoms with E-state index in [4.69, 9.17) is 4.74 Å². The highest BCUT2D eigenvalue weighted by Crippen LogP contribution is 2.30. The summed E-state index contributed by atoms with van der Waals surface area (Å²) in [6.45, 7) is 4.05. The van der Waals surface area contributed by atoms with Gasteiger partial charge in [-0.2, -0.15) is 0 Å². The fourth-order valence-corrected chi connectivity index (χ4v) is 2.77. The molecule has 2 rings (SSSR count). The first-order chi connectivity index (χ1) is 10.5. The quantitative estimate of drug-likeness (QED) is 0.642. The minimum atomic E-state index is -0.689. The average molecular weight is 308 g/mol. The molecule has 1 aliphatic rings. The maximum atomic E-state index is 11.5. The van der Waals surface area contributed by atoms with E-state index in [1.807, 2.05) is 0 Å². The number of amides is 1. The third kappa shape index (κ3) is 4.11. The first kappa shape index (κ1) is 16.6. The van der Waals surface area contributed by atoms with Crippen molar-refractivity contribution in [3.8, 4) is 5.75 Å². The Morgan fingerprint density at radius 1 is 1.50 bits per heavy atom. The standard InChI is InChI=1S/C16H24N2O4/c1-3-22-16(21)18-13-9-11(7-8-14(13)19)15(20)12-6-4-5-10(2)17-12/h7-10,12,15,17,19-20H,3-6H2,1-2H3,(H,18,21). The molecule has 0 radical (unpaired) electrons. The van der Waals surface area contributed by atoms with Crippen molar-refractivity contribution >= 4 is 11.8 Å². The summed E-state index contributed by atoms with van der Waals surface area (Å²) in [4.78, 5) is 11.5. The molecular weight excluding hydrogens is 284 g/mol. The summed E-state index contributed by atoms with van der Waals surface area (Å²) >= 11 is 0.